The van der Waals surface area contributed by atoms with Crippen LogP contribution in [0, 0.1) is 12.8 Å². The van der Waals surface area contributed by atoms with Gasteiger partial charge in [0.15, 0.2) is 5.82 Å². The monoisotopic (exact) mass is 376 g/mol. The number of piperidine rings is 1. The number of benzene rings is 1. The number of β-amino-alcohol motifs (C(OH)–C–C–N with tert-alkyl or cyclic N) is 1. The first-order chi connectivity index (χ1) is 13.6. The van der Waals surface area contributed by atoms with E-state index in [-0.39, 0.29) is 12.5 Å². The molecule has 2 aromatic heterocycles. The fraction of sp³-hybridized carbons (Fsp3) is 0.318. The predicted molar refractivity (Wildman–Crippen MR) is 109 cm³/mol. The molecule has 1 aliphatic heterocycles. The van der Waals surface area contributed by atoms with Crippen LogP contribution in [0.4, 0.5) is 5.82 Å². The molecule has 0 radical (unpaired) electrons. The van der Waals surface area contributed by atoms with E-state index in [4.69, 9.17) is 9.97 Å². The molecule has 6 heteroatoms. The molecule has 2 N–H and O–H groups in total. The minimum Gasteiger partial charge on any atom is -0.396 e. The van der Waals surface area contributed by atoms with Crippen molar-refractivity contribution in [1.29, 1.82) is 0 Å². The molecule has 0 saturated carbocycles. The first kappa shape index (κ1) is 18.5. The third-order valence-electron chi connectivity index (χ3n) is 5.26. The maximum absolute atomic E-state index is 10.3. The van der Waals surface area contributed by atoms with E-state index in [9.17, 15) is 10.2 Å². The largest absolute Gasteiger partial charge is 0.396 e. The number of anilines is 1. The van der Waals surface area contributed by atoms with Crippen molar-refractivity contribution in [2.24, 2.45) is 5.92 Å². The summed E-state index contributed by atoms with van der Waals surface area (Å²) in [4.78, 5) is 15.8. The Kier molecular flexibility index (Phi) is 5.32. The molecule has 3 heterocycles. The Balaban J connectivity index is 1.75. The van der Waals surface area contributed by atoms with Gasteiger partial charge in [-0.2, -0.15) is 0 Å². The normalized spacial score (nSPS) is 19.6. The predicted octanol–water partition coefficient (Wildman–Crippen LogP) is 2.69. The molecule has 28 heavy (non-hydrogen) atoms. The van der Waals surface area contributed by atoms with Gasteiger partial charge >= 0.3 is 0 Å². The van der Waals surface area contributed by atoms with Crippen molar-refractivity contribution in [2.45, 2.75) is 19.4 Å². The molecule has 6 nitrogen and oxygen atoms in total. The molecular formula is C22H24N4O2. The van der Waals surface area contributed by atoms with Crippen molar-refractivity contribution in [1.82, 2.24) is 15.0 Å². The standard InChI is InChI=1S/C22H24N4O2/c1-15-4-6-16(7-5-15)19-11-21(26-10-8-18(14-27)20(28)13-26)25-22(24-19)17-3-2-9-23-12-17/h2-7,9,11-12,18,20,27-28H,8,10,13-14H2,1H3/t18-,20-/m1/s1. The van der Waals surface area contributed by atoms with Gasteiger partial charge in [-0.3, -0.25) is 4.98 Å². The van der Waals surface area contributed by atoms with E-state index in [0.29, 0.717) is 12.4 Å². The smallest absolute Gasteiger partial charge is 0.163 e. The van der Waals surface area contributed by atoms with Crippen molar-refractivity contribution < 1.29 is 10.2 Å². The minimum absolute atomic E-state index is 0.00827. The number of hydrogen-bond donors (Lipinski definition) is 2. The Morgan fingerprint density at radius 3 is 2.61 bits per heavy atom. The second kappa shape index (κ2) is 8.04. The van der Waals surface area contributed by atoms with Crippen LogP contribution in [0.5, 0.6) is 0 Å². The first-order valence-corrected chi connectivity index (χ1v) is 9.54. The van der Waals surface area contributed by atoms with E-state index in [2.05, 4.69) is 41.1 Å². The zero-order chi connectivity index (χ0) is 19.5. The lowest BCUT2D eigenvalue weighted by molar-refractivity contribution is 0.0546. The summed E-state index contributed by atoms with van der Waals surface area (Å²) < 4.78 is 0. The molecule has 1 aromatic carbocycles. The number of aliphatic hydroxyl groups excluding tert-OH is 2. The van der Waals surface area contributed by atoms with Gasteiger partial charge in [0.1, 0.15) is 5.82 Å². The van der Waals surface area contributed by atoms with Crippen molar-refractivity contribution >= 4 is 5.82 Å². The number of rotatable bonds is 4. The molecule has 4 rings (SSSR count). The van der Waals surface area contributed by atoms with Crippen LogP contribution in [-0.2, 0) is 0 Å². The molecule has 1 saturated heterocycles. The molecule has 0 bridgehead atoms. The Hall–Kier alpha value is -2.83. The first-order valence-electron chi connectivity index (χ1n) is 9.54. The fourth-order valence-electron chi connectivity index (χ4n) is 3.49. The minimum atomic E-state index is -0.571. The fourth-order valence-corrected chi connectivity index (χ4v) is 3.49. The maximum Gasteiger partial charge on any atom is 0.163 e. The van der Waals surface area contributed by atoms with Gasteiger partial charge < -0.3 is 15.1 Å². The van der Waals surface area contributed by atoms with E-state index in [1.54, 1.807) is 12.4 Å². The van der Waals surface area contributed by atoms with Gasteiger partial charge in [0.25, 0.3) is 0 Å². The summed E-state index contributed by atoms with van der Waals surface area (Å²) in [6.07, 6.45) is 3.64. The number of pyridine rings is 1. The molecule has 0 spiro atoms. The molecule has 3 aromatic rings. The highest BCUT2D eigenvalue weighted by atomic mass is 16.3. The highest BCUT2D eigenvalue weighted by Gasteiger charge is 2.28. The third-order valence-corrected chi connectivity index (χ3v) is 5.26. The molecule has 0 unspecified atom stereocenters. The summed E-state index contributed by atoms with van der Waals surface area (Å²) >= 11 is 0. The summed E-state index contributed by atoms with van der Waals surface area (Å²) in [5.74, 6) is 1.31. The lowest BCUT2D eigenvalue weighted by atomic mass is 9.95. The maximum atomic E-state index is 10.3. The van der Waals surface area contributed by atoms with E-state index in [0.717, 1.165) is 35.6 Å². The second-order valence-corrected chi connectivity index (χ2v) is 7.29. The van der Waals surface area contributed by atoms with Crippen LogP contribution in [0.3, 0.4) is 0 Å². The number of nitrogens with zero attached hydrogens (tertiary/aromatic N) is 4. The third kappa shape index (κ3) is 3.88. The second-order valence-electron chi connectivity index (χ2n) is 7.29. The van der Waals surface area contributed by atoms with Gasteiger partial charge in [-0.15, -0.1) is 0 Å². The zero-order valence-electron chi connectivity index (χ0n) is 15.9. The summed E-state index contributed by atoms with van der Waals surface area (Å²) in [6.45, 7) is 3.25. The van der Waals surface area contributed by atoms with Crippen LogP contribution >= 0.6 is 0 Å². The van der Waals surface area contributed by atoms with Crippen LogP contribution in [0.2, 0.25) is 0 Å². The Morgan fingerprint density at radius 1 is 1.11 bits per heavy atom. The van der Waals surface area contributed by atoms with Gasteiger partial charge in [-0.05, 0) is 25.5 Å². The SMILES string of the molecule is Cc1ccc(-c2cc(N3CC[C@H](CO)[C@H](O)C3)nc(-c3cccnc3)n2)cc1. The topological polar surface area (TPSA) is 82.4 Å². The van der Waals surface area contributed by atoms with E-state index < -0.39 is 6.10 Å². The lowest BCUT2D eigenvalue weighted by Crippen LogP contribution is -2.45. The van der Waals surface area contributed by atoms with Crippen molar-refractivity contribution in [3.63, 3.8) is 0 Å². The van der Waals surface area contributed by atoms with Crippen LogP contribution in [0.1, 0.15) is 12.0 Å². The van der Waals surface area contributed by atoms with Crippen LogP contribution in [0.15, 0.2) is 54.9 Å². The molecule has 1 aliphatic rings. The van der Waals surface area contributed by atoms with Crippen molar-refractivity contribution in [3.05, 3.63) is 60.4 Å². The lowest BCUT2D eigenvalue weighted by Gasteiger charge is -2.36. The van der Waals surface area contributed by atoms with E-state index >= 15 is 0 Å². The number of hydrogen-bond acceptors (Lipinski definition) is 6. The molecule has 0 aliphatic carbocycles. The van der Waals surface area contributed by atoms with Gasteiger partial charge in [0.05, 0.1) is 11.8 Å². The Morgan fingerprint density at radius 2 is 1.93 bits per heavy atom. The average molecular weight is 376 g/mol. The summed E-state index contributed by atoms with van der Waals surface area (Å²) in [6, 6.07) is 14.0. The zero-order valence-corrected chi connectivity index (χ0v) is 15.9. The van der Waals surface area contributed by atoms with Crippen molar-refractivity contribution in [3.8, 4) is 22.6 Å². The van der Waals surface area contributed by atoms with Crippen LogP contribution in [0.25, 0.3) is 22.6 Å². The highest BCUT2D eigenvalue weighted by molar-refractivity contribution is 5.68. The van der Waals surface area contributed by atoms with Gasteiger partial charge in [-0.25, -0.2) is 9.97 Å². The molecular weight excluding hydrogens is 352 g/mol. The van der Waals surface area contributed by atoms with E-state index in [1.165, 1.54) is 5.56 Å². The molecule has 1 fully saturated rings. The average Bonchev–Trinajstić information content (AvgIpc) is 2.74. The quantitative estimate of drug-likeness (QED) is 0.729. The Labute approximate surface area is 164 Å². The number of aliphatic hydroxyl groups is 2. The molecule has 144 valence electrons. The van der Waals surface area contributed by atoms with E-state index in [1.807, 2.05) is 18.2 Å². The Bertz CT molecular complexity index is 931. The van der Waals surface area contributed by atoms with Crippen molar-refractivity contribution in [2.75, 3.05) is 24.6 Å². The van der Waals surface area contributed by atoms with Gasteiger partial charge in [-0.1, -0.05) is 29.8 Å². The van der Waals surface area contributed by atoms with Gasteiger partial charge in [0.2, 0.25) is 0 Å². The number of aryl methyl sites for hydroxylation is 1. The number of aromatic nitrogens is 3. The van der Waals surface area contributed by atoms with Gasteiger partial charge in [0, 0.05) is 55.2 Å². The van der Waals surface area contributed by atoms with Crippen LogP contribution < -0.4 is 4.90 Å². The van der Waals surface area contributed by atoms with Crippen LogP contribution in [-0.4, -0.2) is 51.0 Å². The summed E-state index contributed by atoms with van der Waals surface area (Å²) in [5, 5.41) is 19.8. The highest BCUT2D eigenvalue weighted by Crippen LogP contribution is 2.28. The summed E-state index contributed by atoms with van der Waals surface area (Å²) in [7, 11) is 0. The molecule has 0 amide bonds. The molecule has 2 atom stereocenters. The summed E-state index contributed by atoms with van der Waals surface area (Å²) in [5.41, 5.74) is 3.90.